The van der Waals surface area contributed by atoms with Gasteiger partial charge in [0.1, 0.15) is 6.04 Å². The Morgan fingerprint density at radius 2 is 2.05 bits per heavy atom. The first-order valence-corrected chi connectivity index (χ1v) is 16.1. The van der Waals surface area contributed by atoms with Gasteiger partial charge < -0.3 is 19.6 Å². The standard InChI is InChI=1S/C30H38BrClN2O5S/c1-4-6-7-10-17-39-29(38)22-23-27(36)34(15-8-9-16-35)26(30(23)18-20(31)25(22)40-30)28(37)33(14-5-2)24-19(3)12-11-13-21(24)32/h4-5,11-13,20,22-23,25-26,35H,1-2,6-10,14-18H2,3H3/t20?,22-,23+,25-,26?,30?/m1/s1. The van der Waals surface area contributed by atoms with Crippen LogP contribution in [0.3, 0.4) is 0 Å². The van der Waals surface area contributed by atoms with Crippen LogP contribution in [0.5, 0.6) is 0 Å². The number of aliphatic hydroxyl groups is 1. The van der Waals surface area contributed by atoms with Crippen LogP contribution in [-0.4, -0.2) is 75.0 Å². The maximum absolute atomic E-state index is 14.6. The number of carbonyl (C=O) groups is 3. The molecule has 7 nitrogen and oxygen atoms in total. The summed E-state index contributed by atoms with van der Waals surface area (Å²) in [5.74, 6) is -2.08. The van der Waals surface area contributed by atoms with E-state index >= 15 is 0 Å². The van der Waals surface area contributed by atoms with Gasteiger partial charge in [0.25, 0.3) is 5.91 Å². The van der Waals surface area contributed by atoms with Crippen LogP contribution in [0.25, 0.3) is 0 Å². The highest BCUT2D eigenvalue weighted by atomic mass is 79.9. The second kappa shape index (κ2) is 13.4. The van der Waals surface area contributed by atoms with E-state index in [0.29, 0.717) is 43.1 Å². The SMILES string of the molecule is C=CCCCCOC(=O)[C@H]1[C@@H]2SC3(CC2Br)C(C(=O)N(CC=C)c2c(C)cccc2Cl)N(CCCCO)C(=O)[C@H]13. The molecule has 0 radical (unpaired) electrons. The fraction of sp³-hybridized carbons (Fsp3) is 0.567. The van der Waals surface area contributed by atoms with Crippen molar-refractivity contribution in [2.24, 2.45) is 11.8 Å². The zero-order valence-corrected chi connectivity index (χ0v) is 26.1. The molecule has 1 aromatic rings. The number of ether oxygens (including phenoxy) is 1. The van der Waals surface area contributed by atoms with Crippen LogP contribution in [0.15, 0.2) is 43.5 Å². The highest BCUT2D eigenvalue weighted by Gasteiger charge is 2.76. The maximum Gasteiger partial charge on any atom is 0.310 e. The van der Waals surface area contributed by atoms with Gasteiger partial charge in [0, 0.05) is 29.8 Å². The number of amides is 2. The van der Waals surface area contributed by atoms with E-state index in [1.54, 1.807) is 33.7 Å². The number of benzene rings is 1. The molecule has 218 valence electrons. The van der Waals surface area contributed by atoms with Crippen molar-refractivity contribution >= 4 is 62.8 Å². The van der Waals surface area contributed by atoms with Crippen molar-refractivity contribution in [2.45, 2.75) is 66.3 Å². The largest absolute Gasteiger partial charge is 0.465 e. The normalized spacial score (nSPS) is 28.4. The van der Waals surface area contributed by atoms with Crippen LogP contribution < -0.4 is 4.90 Å². The number of halogens is 2. The lowest BCUT2D eigenvalue weighted by Gasteiger charge is -2.38. The number of hydrogen-bond acceptors (Lipinski definition) is 6. The van der Waals surface area contributed by atoms with Gasteiger partial charge in [0.15, 0.2) is 0 Å². The number of alkyl halides is 1. The number of thioether (sulfide) groups is 1. The summed E-state index contributed by atoms with van der Waals surface area (Å²) in [7, 11) is 0. The molecule has 1 aromatic carbocycles. The van der Waals surface area contributed by atoms with Crippen LogP contribution in [-0.2, 0) is 19.1 Å². The van der Waals surface area contributed by atoms with Crippen molar-refractivity contribution in [3.8, 4) is 0 Å². The molecule has 3 unspecified atom stereocenters. The molecule has 2 amide bonds. The van der Waals surface area contributed by atoms with Gasteiger partial charge in [-0.1, -0.05) is 51.8 Å². The summed E-state index contributed by atoms with van der Waals surface area (Å²) < 4.78 is 4.92. The van der Waals surface area contributed by atoms with E-state index in [0.717, 1.165) is 24.8 Å². The number of unbranched alkanes of at least 4 members (excludes halogenated alkanes) is 3. The number of anilines is 1. The van der Waals surface area contributed by atoms with Gasteiger partial charge in [-0.05, 0) is 57.1 Å². The Balaban J connectivity index is 1.71. The minimum absolute atomic E-state index is 0.00226. The Kier molecular flexibility index (Phi) is 10.5. The number of aliphatic hydroxyl groups excluding tert-OH is 1. The molecule has 1 N–H and O–H groups in total. The highest BCUT2D eigenvalue weighted by molar-refractivity contribution is 9.09. The predicted molar refractivity (Wildman–Crippen MR) is 164 cm³/mol. The molecule has 3 fully saturated rings. The molecular weight excluding hydrogens is 616 g/mol. The monoisotopic (exact) mass is 652 g/mol. The second-order valence-corrected chi connectivity index (χ2v) is 13.8. The highest BCUT2D eigenvalue weighted by Crippen LogP contribution is 2.68. The Labute approximate surface area is 254 Å². The molecule has 6 atom stereocenters. The van der Waals surface area contributed by atoms with Gasteiger partial charge in [-0.15, -0.1) is 24.9 Å². The van der Waals surface area contributed by atoms with Gasteiger partial charge in [-0.3, -0.25) is 14.4 Å². The average molecular weight is 654 g/mol. The first-order valence-electron chi connectivity index (χ1n) is 13.9. The number of rotatable bonds is 14. The number of allylic oxidation sites excluding steroid dienone is 1. The number of aryl methyl sites for hydroxylation is 1. The van der Waals surface area contributed by atoms with Crippen molar-refractivity contribution in [2.75, 3.05) is 31.2 Å². The Morgan fingerprint density at radius 1 is 1.27 bits per heavy atom. The number of esters is 1. The first kappa shape index (κ1) is 31.1. The molecule has 3 heterocycles. The van der Waals surface area contributed by atoms with Crippen molar-refractivity contribution in [3.05, 3.63) is 54.1 Å². The van der Waals surface area contributed by atoms with Crippen LogP contribution >= 0.6 is 39.3 Å². The van der Waals surface area contributed by atoms with Crippen molar-refractivity contribution in [1.29, 1.82) is 0 Å². The van der Waals surface area contributed by atoms with E-state index in [4.69, 9.17) is 16.3 Å². The number of likely N-dealkylation sites (tertiary alicyclic amines) is 1. The third-order valence-electron chi connectivity index (χ3n) is 8.19. The fourth-order valence-corrected chi connectivity index (χ4v) is 10.4. The van der Waals surface area contributed by atoms with E-state index in [9.17, 15) is 19.5 Å². The Hall–Kier alpha value is -1.81. The topological polar surface area (TPSA) is 87.2 Å². The number of carbonyl (C=O) groups excluding carboxylic acids is 3. The van der Waals surface area contributed by atoms with E-state index in [2.05, 4.69) is 29.1 Å². The summed E-state index contributed by atoms with van der Waals surface area (Å²) in [5.41, 5.74) is 1.44. The molecule has 0 aliphatic carbocycles. The third kappa shape index (κ3) is 5.63. The van der Waals surface area contributed by atoms with Gasteiger partial charge in [0.2, 0.25) is 5.91 Å². The lowest BCUT2D eigenvalue weighted by atomic mass is 9.71. The smallest absolute Gasteiger partial charge is 0.310 e. The molecule has 1 spiro atoms. The summed E-state index contributed by atoms with van der Waals surface area (Å²) >= 11 is 12.0. The molecule has 4 rings (SSSR count). The minimum atomic E-state index is -0.792. The molecule has 2 bridgehead atoms. The van der Waals surface area contributed by atoms with Crippen LogP contribution in [0.2, 0.25) is 5.02 Å². The number of hydrogen-bond donors (Lipinski definition) is 1. The summed E-state index contributed by atoms with van der Waals surface area (Å²) in [6.07, 6.45) is 7.59. The van der Waals surface area contributed by atoms with E-state index < -0.39 is 22.6 Å². The summed E-state index contributed by atoms with van der Waals surface area (Å²) in [6.45, 7) is 10.3. The van der Waals surface area contributed by atoms with Gasteiger partial charge in [0.05, 0.1) is 33.9 Å². The number of fused-ring (bicyclic) bond motifs is 1. The molecule has 3 aliphatic heterocycles. The lowest BCUT2D eigenvalue weighted by Crippen LogP contribution is -2.55. The van der Waals surface area contributed by atoms with E-state index in [1.165, 1.54) is 0 Å². The van der Waals surface area contributed by atoms with Crippen molar-refractivity contribution < 1.29 is 24.2 Å². The molecule has 0 saturated carbocycles. The Morgan fingerprint density at radius 3 is 2.73 bits per heavy atom. The molecule has 0 aromatic heterocycles. The Bertz CT molecular complexity index is 1130. The number of nitrogens with zero attached hydrogens (tertiary/aromatic N) is 2. The minimum Gasteiger partial charge on any atom is -0.465 e. The van der Waals surface area contributed by atoms with Gasteiger partial charge in [-0.2, -0.15) is 0 Å². The lowest BCUT2D eigenvalue weighted by molar-refractivity contribution is -0.154. The zero-order chi connectivity index (χ0) is 29.0. The zero-order valence-electron chi connectivity index (χ0n) is 22.9. The van der Waals surface area contributed by atoms with Crippen LogP contribution in [0, 0.1) is 18.8 Å². The van der Waals surface area contributed by atoms with Gasteiger partial charge >= 0.3 is 5.97 Å². The van der Waals surface area contributed by atoms with Gasteiger partial charge in [-0.25, -0.2) is 0 Å². The quantitative estimate of drug-likeness (QED) is 0.127. The molecular formula is C30H38BrClN2O5S. The predicted octanol–water partition coefficient (Wildman–Crippen LogP) is 5.30. The second-order valence-electron chi connectivity index (χ2n) is 10.7. The van der Waals surface area contributed by atoms with Crippen LogP contribution in [0.4, 0.5) is 5.69 Å². The third-order valence-corrected chi connectivity index (χ3v) is 11.7. The summed E-state index contributed by atoms with van der Waals surface area (Å²) in [6, 6.07) is 4.69. The average Bonchev–Trinajstić information content (AvgIpc) is 3.51. The molecule has 10 heteroatoms. The van der Waals surface area contributed by atoms with E-state index in [1.807, 2.05) is 25.1 Å². The molecule has 40 heavy (non-hydrogen) atoms. The fourth-order valence-electron chi connectivity index (χ4n) is 6.51. The van der Waals surface area contributed by atoms with Crippen molar-refractivity contribution in [3.63, 3.8) is 0 Å². The van der Waals surface area contributed by atoms with Crippen molar-refractivity contribution in [1.82, 2.24) is 4.90 Å². The molecule has 3 saturated heterocycles. The summed E-state index contributed by atoms with van der Waals surface area (Å²) in [4.78, 5) is 45.5. The maximum atomic E-state index is 14.6. The number of para-hydroxylation sites is 1. The van der Waals surface area contributed by atoms with E-state index in [-0.39, 0.29) is 41.0 Å². The van der Waals surface area contributed by atoms with Crippen LogP contribution in [0.1, 0.15) is 44.1 Å². The first-order chi connectivity index (χ1) is 19.2. The summed E-state index contributed by atoms with van der Waals surface area (Å²) in [5, 5.41) is 9.70. The molecule has 3 aliphatic rings.